The van der Waals surface area contributed by atoms with Crippen LogP contribution < -0.4 is 0 Å². The summed E-state index contributed by atoms with van der Waals surface area (Å²) in [4.78, 5) is 72.6. The predicted octanol–water partition coefficient (Wildman–Crippen LogP) is 21.3. The molecule has 0 amide bonds. The fourth-order valence-electron chi connectivity index (χ4n) is 11.2. The highest BCUT2D eigenvalue weighted by atomic mass is 31.2. The predicted molar refractivity (Wildman–Crippen MR) is 372 cm³/mol. The fraction of sp³-hybridized carbons (Fsp3) is 0.945. The lowest BCUT2D eigenvalue weighted by molar-refractivity contribution is -0.161. The average Bonchev–Trinajstić information content (AvgIpc) is 3.04. The van der Waals surface area contributed by atoms with E-state index in [1.54, 1.807) is 0 Å². The van der Waals surface area contributed by atoms with Crippen LogP contribution >= 0.6 is 15.6 Å². The van der Waals surface area contributed by atoms with Crippen molar-refractivity contribution in [3.8, 4) is 0 Å². The van der Waals surface area contributed by atoms with E-state index in [4.69, 9.17) is 37.0 Å². The maximum absolute atomic E-state index is 13.1. The number of rotatable bonds is 73. The van der Waals surface area contributed by atoms with Gasteiger partial charge in [-0.2, -0.15) is 0 Å². The number of unbranched alkanes of at least 4 members (excludes halogenated alkanes) is 45. The van der Waals surface area contributed by atoms with E-state index in [9.17, 15) is 43.2 Å². The standard InChI is InChI=1S/C73H142O17P2/c1-6-9-12-15-18-21-23-24-25-26-30-33-38-42-47-52-57-71(76)84-63-69(90-73(78)59-54-49-44-39-34-31-28-27-29-32-36-40-45-50-55-66(4)5)65-88-92(81,82)86-61-67(74)60-85-91(79,80)87-64-68(62-83-70(75)56-51-46-41-35-20-17-14-11-8-3)89-72(77)58-53-48-43-37-22-19-16-13-10-7-2/h66-69,74H,6-65H2,1-5H3,(H,79,80)(H,81,82)/t67-,68+,69+/m0/s1. The first-order chi connectivity index (χ1) is 44.5. The van der Waals surface area contributed by atoms with E-state index < -0.39 is 97.5 Å². The van der Waals surface area contributed by atoms with Gasteiger partial charge in [-0.1, -0.05) is 330 Å². The van der Waals surface area contributed by atoms with Crippen LogP contribution in [0.2, 0.25) is 0 Å². The van der Waals surface area contributed by atoms with Crippen LogP contribution in [0.4, 0.5) is 0 Å². The van der Waals surface area contributed by atoms with Crippen molar-refractivity contribution in [3.63, 3.8) is 0 Å². The van der Waals surface area contributed by atoms with Crippen molar-refractivity contribution in [2.45, 2.75) is 400 Å². The highest BCUT2D eigenvalue weighted by Gasteiger charge is 2.30. The van der Waals surface area contributed by atoms with Crippen LogP contribution in [0.5, 0.6) is 0 Å². The number of carbonyl (C=O) groups excluding carboxylic acids is 4. The van der Waals surface area contributed by atoms with E-state index in [2.05, 4.69) is 34.6 Å². The molecule has 19 heteroatoms. The largest absolute Gasteiger partial charge is 0.472 e. The van der Waals surface area contributed by atoms with E-state index in [0.29, 0.717) is 25.7 Å². The summed E-state index contributed by atoms with van der Waals surface area (Å²) in [6, 6.07) is 0. The molecule has 0 fully saturated rings. The Morgan fingerprint density at radius 3 is 0.739 bits per heavy atom. The molecule has 0 saturated heterocycles. The molecule has 0 aromatic rings. The van der Waals surface area contributed by atoms with Crippen LogP contribution in [0, 0.1) is 5.92 Å². The molecule has 5 atom stereocenters. The van der Waals surface area contributed by atoms with Crippen molar-refractivity contribution in [2.75, 3.05) is 39.6 Å². The molecule has 546 valence electrons. The molecule has 0 aliphatic carbocycles. The first kappa shape index (κ1) is 90.1. The Hall–Kier alpha value is -1.94. The molecular weight excluding hydrogens is 1210 g/mol. The summed E-state index contributed by atoms with van der Waals surface area (Å²) in [5, 5.41) is 10.6. The number of hydrogen-bond acceptors (Lipinski definition) is 15. The van der Waals surface area contributed by atoms with Gasteiger partial charge in [0, 0.05) is 25.7 Å². The number of carbonyl (C=O) groups is 4. The highest BCUT2D eigenvalue weighted by molar-refractivity contribution is 7.47. The van der Waals surface area contributed by atoms with Crippen LogP contribution in [0.1, 0.15) is 381 Å². The van der Waals surface area contributed by atoms with Crippen LogP contribution in [-0.2, 0) is 65.4 Å². The molecule has 0 radical (unpaired) electrons. The van der Waals surface area contributed by atoms with E-state index in [1.165, 1.54) is 205 Å². The third-order valence-corrected chi connectivity index (χ3v) is 18.9. The van der Waals surface area contributed by atoms with Crippen molar-refractivity contribution in [2.24, 2.45) is 5.92 Å². The maximum Gasteiger partial charge on any atom is 0.472 e. The van der Waals surface area contributed by atoms with Gasteiger partial charge in [0.15, 0.2) is 12.2 Å². The summed E-state index contributed by atoms with van der Waals surface area (Å²) in [5.74, 6) is -1.32. The lowest BCUT2D eigenvalue weighted by atomic mass is 10.0. The quantitative estimate of drug-likeness (QED) is 0.0222. The van der Waals surface area contributed by atoms with Gasteiger partial charge >= 0.3 is 39.5 Å². The summed E-state index contributed by atoms with van der Waals surface area (Å²) in [6.45, 7) is 7.27. The summed E-state index contributed by atoms with van der Waals surface area (Å²) in [6.07, 6.45) is 54.0. The normalized spacial score (nSPS) is 14.0. The zero-order chi connectivity index (χ0) is 67.7. The average molecular weight is 1350 g/mol. The van der Waals surface area contributed by atoms with Gasteiger partial charge < -0.3 is 33.8 Å². The molecule has 0 aromatic heterocycles. The summed E-state index contributed by atoms with van der Waals surface area (Å²) >= 11 is 0. The van der Waals surface area contributed by atoms with Crippen molar-refractivity contribution in [1.82, 2.24) is 0 Å². The molecule has 2 unspecified atom stereocenters. The Morgan fingerprint density at radius 1 is 0.293 bits per heavy atom. The molecule has 0 saturated carbocycles. The van der Waals surface area contributed by atoms with Gasteiger partial charge in [-0.25, -0.2) is 9.13 Å². The van der Waals surface area contributed by atoms with Crippen LogP contribution in [-0.4, -0.2) is 96.7 Å². The Balaban J connectivity index is 5.21. The minimum absolute atomic E-state index is 0.107. The second-order valence-electron chi connectivity index (χ2n) is 26.8. The molecule has 3 N–H and O–H groups in total. The summed E-state index contributed by atoms with van der Waals surface area (Å²) in [5.41, 5.74) is 0. The smallest absolute Gasteiger partial charge is 0.462 e. The molecule has 0 aliphatic rings. The molecule has 92 heavy (non-hydrogen) atoms. The van der Waals surface area contributed by atoms with Gasteiger partial charge in [0.25, 0.3) is 0 Å². The minimum atomic E-state index is -4.95. The van der Waals surface area contributed by atoms with Crippen molar-refractivity contribution < 1.29 is 80.2 Å². The van der Waals surface area contributed by atoms with Crippen LogP contribution in [0.25, 0.3) is 0 Å². The molecule has 17 nitrogen and oxygen atoms in total. The van der Waals surface area contributed by atoms with Gasteiger partial charge in [0.1, 0.15) is 19.3 Å². The first-order valence-corrected chi connectivity index (χ1v) is 41.1. The zero-order valence-corrected chi connectivity index (χ0v) is 61.5. The Morgan fingerprint density at radius 2 is 0.500 bits per heavy atom. The lowest BCUT2D eigenvalue weighted by Gasteiger charge is -2.21. The number of ether oxygens (including phenoxy) is 4. The minimum Gasteiger partial charge on any atom is -0.462 e. The molecule has 0 spiro atoms. The zero-order valence-electron chi connectivity index (χ0n) is 59.7. The summed E-state index contributed by atoms with van der Waals surface area (Å²) < 4.78 is 68.3. The van der Waals surface area contributed by atoms with Crippen LogP contribution in [0.3, 0.4) is 0 Å². The lowest BCUT2D eigenvalue weighted by Crippen LogP contribution is -2.30. The third kappa shape index (κ3) is 66.7. The van der Waals surface area contributed by atoms with E-state index in [-0.39, 0.29) is 25.7 Å². The number of esters is 4. The molecule has 0 aromatic carbocycles. The molecule has 0 aliphatic heterocycles. The van der Waals surface area contributed by atoms with Crippen molar-refractivity contribution in [1.29, 1.82) is 0 Å². The Kier molecular flexibility index (Phi) is 64.9. The molecular formula is C73H142O17P2. The van der Waals surface area contributed by atoms with Gasteiger partial charge in [-0.15, -0.1) is 0 Å². The van der Waals surface area contributed by atoms with E-state index >= 15 is 0 Å². The SMILES string of the molecule is CCCCCCCCCCCCCCCCCCC(=O)OC[C@H](COP(=O)(O)OC[C@@H](O)COP(=O)(O)OC[C@@H](COC(=O)CCCCCCCCCCC)OC(=O)CCCCCCCCCCCC)OC(=O)CCCCCCCCCCCCCCCCC(C)C. The van der Waals surface area contributed by atoms with Gasteiger partial charge in [0.2, 0.25) is 0 Å². The van der Waals surface area contributed by atoms with Gasteiger partial charge in [-0.3, -0.25) is 37.3 Å². The number of aliphatic hydroxyl groups is 1. The second-order valence-corrected chi connectivity index (χ2v) is 29.7. The topological polar surface area (TPSA) is 237 Å². The highest BCUT2D eigenvalue weighted by Crippen LogP contribution is 2.45. The maximum atomic E-state index is 13.1. The van der Waals surface area contributed by atoms with Crippen molar-refractivity contribution in [3.05, 3.63) is 0 Å². The van der Waals surface area contributed by atoms with Gasteiger partial charge in [0.05, 0.1) is 26.4 Å². The second kappa shape index (κ2) is 66.3. The molecule has 0 rings (SSSR count). The van der Waals surface area contributed by atoms with Gasteiger partial charge in [-0.05, 0) is 31.6 Å². The Labute approximate surface area is 562 Å². The molecule has 0 bridgehead atoms. The van der Waals surface area contributed by atoms with E-state index in [1.807, 2.05) is 0 Å². The number of aliphatic hydroxyl groups excluding tert-OH is 1. The summed E-state index contributed by atoms with van der Waals surface area (Å²) in [7, 11) is -9.90. The third-order valence-electron chi connectivity index (χ3n) is 17.0. The fourth-order valence-corrected chi connectivity index (χ4v) is 12.8. The first-order valence-electron chi connectivity index (χ1n) is 38.1. The monoisotopic (exact) mass is 1350 g/mol. The number of phosphoric acid groups is 2. The van der Waals surface area contributed by atoms with E-state index in [0.717, 1.165) is 95.8 Å². The van der Waals surface area contributed by atoms with Crippen LogP contribution in [0.15, 0.2) is 0 Å². The number of phosphoric ester groups is 2. The molecule has 0 heterocycles. The van der Waals surface area contributed by atoms with Crippen molar-refractivity contribution >= 4 is 39.5 Å². The number of hydrogen-bond donors (Lipinski definition) is 3. The Bertz CT molecular complexity index is 1770.